The first kappa shape index (κ1) is 15.4. The number of allylic oxidation sites excluding steroid dienone is 1. The number of hydrogen-bond acceptors (Lipinski definition) is 7. The molecule has 1 aromatic heterocycles. The summed E-state index contributed by atoms with van der Waals surface area (Å²) >= 11 is 0. The van der Waals surface area contributed by atoms with Gasteiger partial charge in [-0.15, -0.1) is 0 Å². The molecule has 23 heavy (non-hydrogen) atoms. The number of aliphatic hydroxyl groups excluding tert-OH is 2. The number of ether oxygens (including phenoxy) is 3. The summed E-state index contributed by atoms with van der Waals surface area (Å²) in [7, 11) is 1.38. The van der Waals surface area contributed by atoms with Crippen LogP contribution in [-0.4, -0.2) is 35.8 Å². The Morgan fingerprint density at radius 3 is 2.65 bits per heavy atom. The van der Waals surface area contributed by atoms with Gasteiger partial charge < -0.3 is 28.8 Å². The van der Waals surface area contributed by atoms with E-state index in [0.717, 1.165) is 5.39 Å². The third-order valence-electron chi connectivity index (χ3n) is 3.58. The van der Waals surface area contributed by atoms with Gasteiger partial charge in [-0.3, -0.25) is 0 Å². The number of methoxy groups -OCH3 is 1. The highest BCUT2D eigenvalue weighted by atomic mass is 16.7. The van der Waals surface area contributed by atoms with Crippen LogP contribution in [0, 0.1) is 0 Å². The van der Waals surface area contributed by atoms with E-state index in [-0.39, 0.29) is 5.76 Å². The van der Waals surface area contributed by atoms with Crippen molar-refractivity contribution >= 4 is 11.0 Å². The van der Waals surface area contributed by atoms with Crippen LogP contribution in [0.1, 0.15) is 6.92 Å². The fourth-order valence-corrected chi connectivity index (χ4v) is 2.42. The largest absolute Gasteiger partial charge is 0.495 e. The third-order valence-corrected chi connectivity index (χ3v) is 3.58. The summed E-state index contributed by atoms with van der Waals surface area (Å²) in [4.78, 5) is 11.3. The maximum atomic E-state index is 11.3. The predicted molar refractivity (Wildman–Crippen MR) is 79.7 cm³/mol. The first-order chi connectivity index (χ1) is 11.0. The Labute approximate surface area is 131 Å². The van der Waals surface area contributed by atoms with Crippen LogP contribution in [0.5, 0.6) is 5.75 Å². The minimum Gasteiger partial charge on any atom is -0.495 e. The molecule has 2 aromatic rings. The zero-order valence-corrected chi connectivity index (χ0v) is 12.6. The summed E-state index contributed by atoms with van der Waals surface area (Å²) in [6.07, 6.45) is -3.69. The summed E-state index contributed by atoms with van der Waals surface area (Å²) in [5.41, 5.74) is -0.117. The van der Waals surface area contributed by atoms with E-state index in [0.29, 0.717) is 17.1 Å². The Balaban J connectivity index is 1.87. The van der Waals surface area contributed by atoms with E-state index in [9.17, 15) is 15.0 Å². The molecule has 0 bridgehead atoms. The van der Waals surface area contributed by atoms with Gasteiger partial charge in [-0.05, 0) is 25.1 Å². The molecule has 0 amide bonds. The van der Waals surface area contributed by atoms with Crippen LogP contribution in [0.15, 0.2) is 51.1 Å². The molecule has 122 valence electrons. The van der Waals surface area contributed by atoms with Crippen molar-refractivity contribution in [3.63, 3.8) is 0 Å². The van der Waals surface area contributed by atoms with Crippen molar-refractivity contribution in [2.24, 2.45) is 0 Å². The standard InChI is InChI=1S/C16H16O7/c1-8-15(20-2)13(18)14(19)16(21-8)22-10-5-3-9-4-6-12(17)23-11(9)7-10/h3-7,13-14,16,18-19H,1-2H3/t13-,14+,16?/m1/s1. The second kappa shape index (κ2) is 5.94. The topological polar surface area (TPSA) is 98.4 Å². The molecule has 0 spiro atoms. The van der Waals surface area contributed by atoms with Crippen LogP contribution in [0.2, 0.25) is 0 Å². The molecule has 7 nitrogen and oxygen atoms in total. The summed E-state index contributed by atoms with van der Waals surface area (Å²) in [5.74, 6) is 0.807. The molecule has 7 heteroatoms. The molecular formula is C16H16O7. The van der Waals surface area contributed by atoms with Crippen molar-refractivity contribution in [3.05, 3.63) is 52.3 Å². The van der Waals surface area contributed by atoms with Crippen LogP contribution in [0.3, 0.4) is 0 Å². The monoisotopic (exact) mass is 320 g/mol. The van der Waals surface area contributed by atoms with Gasteiger partial charge in [0.1, 0.15) is 23.2 Å². The third kappa shape index (κ3) is 2.88. The quantitative estimate of drug-likeness (QED) is 0.818. The average molecular weight is 320 g/mol. The highest BCUT2D eigenvalue weighted by Gasteiger charge is 2.39. The minimum absolute atomic E-state index is 0.154. The van der Waals surface area contributed by atoms with E-state index in [2.05, 4.69) is 0 Å². The zero-order chi connectivity index (χ0) is 16.6. The zero-order valence-electron chi connectivity index (χ0n) is 12.6. The van der Waals surface area contributed by atoms with E-state index in [4.69, 9.17) is 18.6 Å². The van der Waals surface area contributed by atoms with Gasteiger partial charge in [0, 0.05) is 17.5 Å². The smallest absolute Gasteiger partial charge is 0.336 e. The molecule has 2 heterocycles. The number of fused-ring (bicyclic) bond motifs is 1. The lowest BCUT2D eigenvalue weighted by Gasteiger charge is -2.33. The first-order valence-corrected chi connectivity index (χ1v) is 6.97. The van der Waals surface area contributed by atoms with E-state index in [1.807, 2.05) is 0 Å². The second-order valence-electron chi connectivity index (χ2n) is 5.12. The Morgan fingerprint density at radius 2 is 1.91 bits per heavy atom. The van der Waals surface area contributed by atoms with Crippen molar-refractivity contribution in [3.8, 4) is 5.75 Å². The van der Waals surface area contributed by atoms with E-state index >= 15 is 0 Å². The molecule has 3 rings (SSSR count). The number of hydrogen-bond donors (Lipinski definition) is 2. The van der Waals surface area contributed by atoms with Gasteiger partial charge >= 0.3 is 5.63 Å². The minimum atomic E-state index is -1.33. The van der Waals surface area contributed by atoms with E-state index in [1.54, 1.807) is 25.1 Å². The van der Waals surface area contributed by atoms with Crippen LogP contribution in [0.25, 0.3) is 11.0 Å². The van der Waals surface area contributed by atoms with Gasteiger partial charge in [0.25, 0.3) is 6.29 Å². The van der Waals surface area contributed by atoms with Crippen LogP contribution in [0.4, 0.5) is 0 Å². The summed E-state index contributed by atoms with van der Waals surface area (Å²) in [6, 6.07) is 7.84. The highest BCUT2D eigenvalue weighted by Crippen LogP contribution is 2.28. The van der Waals surface area contributed by atoms with Crippen molar-refractivity contribution < 1.29 is 28.8 Å². The Kier molecular flexibility index (Phi) is 3.97. The summed E-state index contributed by atoms with van der Waals surface area (Å²) in [6.45, 7) is 1.60. The van der Waals surface area contributed by atoms with Crippen LogP contribution in [-0.2, 0) is 9.47 Å². The highest BCUT2D eigenvalue weighted by molar-refractivity contribution is 5.77. The molecule has 3 atom stereocenters. The normalized spacial score (nSPS) is 24.4. The molecular weight excluding hydrogens is 304 g/mol. The molecule has 1 aliphatic heterocycles. The van der Waals surface area contributed by atoms with Gasteiger partial charge in [-0.1, -0.05) is 0 Å². The molecule has 0 saturated heterocycles. The Morgan fingerprint density at radius 1 is 1.17 bits per heavy atom. The fourth-order valence-electron chi connectivity index (χ4n) is 2.42. The van der Waals surface area contributed by atoms with Crippen molar-refractivity contribution in [2.75, 3.05) is 7.11 Å². The molecule has 0 fully saturated rings. The Hall–Kier alpha value is -2.51. The second-order valence-corrected chi connectivity index (χ2v) is 5.12. The first-order valence-electron chi connectivity index (χ1n) is 6.97. The van der Waals surface area contributed by atoms with Gasteiger partial charge in [-0.25, -0.2) is 4.79 Å². The summed E-state index contributed by atoms with van der Waals surface area (Å²) in [5, 5.41) is 20.8. The predicted octanol–water partition coefficient (Wildman–Crippen LogP) is 1.13. The van der Waals surface area contributed by atoms with Crippen LogP contribution >= 0.6 is 0 Å². The summed E-state index contributed by atoms with van der Waals surface area (Å²) < 4.78 is 21.1. The fraction of sp³-hybridized carbons (Fsp3) is 0.312. The van der Waals surface area contributed by atoms with E-state index < -0.39 is 24.1 Å². The van der Waals surface area contributed by atoms with Gasteiger partial charge in [-0.2, -0.15) is 0 Å². The van der Waals surface area contributed by atoms with E-state index in [1.165, 1.54) is 19.2 Å². The number of rotatable bonds is 3. The number of benzene rings is 1. The van der Waals surface area contributed by atoms with Crippen molar-refractivity contribution in [1.29, 1.82) is 0 Å². The molecule has 1 unspecified atom stereocenters. The average Bonchev–Trinajstić information content (AvgIpc) is 2.52. The Bertz CT molecular complexity index is 807. The number of aliphatic hydroxyl groups is 2. The molecule has 0 aliphatic carbocycles. The lowest BCUT2D eigenvalue weighted by molar-refractivity contribution is -0.175. The lowest BCUT2D eigenvalue weighted by Crippen LogP contribution is -2.47. The van der Waals surface area contributed by atoms with Crippen LogP contribution < -0.4 is 10.4 Å². The van der Waals surface area contributed by atoms with Crippen molar-refractivity contribution in [1.82, 2.24) is 0 Å². The van der Waals surface area contributed by atoms with Crippen molar-refractivity contribution in [2.45, 2.75) is 25.4 Å². The molecule has 1 aliphatic rings. The molecule has 0 saturated carbocycles. The maximum absolute atomic E-state index is 11.3. The SMILES string of the molecule is COC1=C(C)OC(Oc2ccc3ccc(=O)oc3c2)[C@@H](O)[C@H]1O. The maximum Gasteiger partial charge on any atom is 0.336 e. The van der Waals surface area contributed by atoms with Gasteiger partial charge in [0.2, 0.25) is 0 Å². The molecule has 1 aromatic carbocycles. The molecule has 0 radical (unpaired) electrons. The molecule has 2 N–H and O–H groups in total. The lowest BCUT2D eigenvalue weighted by atomic mass is 10.1. The van der Waals surface area contributed by atoms with Gasteiger partial charge in [0.05, 0.1) is 7.11 Å². The van der Waals surface area contributed by atoms with Gasteiger partial charge in [0.15, 0.2) is 11.9 Å².